The van der Waals surface area contributed by atoms with E-state index in [0.29, 0.717) is 17.8 Å². The Morgan fingerprint density at radius 1 is 1.24 bits per heavy atom. The highest BCUT2D eigenvalue weighted by atomic mass is 19.1. The number of nitrogens with one attached hydrogen (secondary N) is 1. The minimum absolute atomic E-state index is 0.282. The molecular formula is C16H12FN3O. The van der Waals surface area contributed by atoms with Crippen molar-refractivity contribution in [1.29, 1.82) is 5.26 Å². The molecule has 0 aromatic heterocycles. The normalized spacial score (nSPS) is 12.7. The Balaban J connectivity index is 1.82. The molecule has 4 nitrogen and oxygen atoms in total. The van der Waals surface area contributed by atoms with E-state index < -0.39 is 0 Å². The lowest BCUT2D eigenvalue weighted by atomic mass is 10.1. The first-order valence-electron chi connectivity index (χ1n) is 6.54. The Bertz CT molecular complexity index is 734. The van der Waals surface area contributed by atoms with Gasteiger partial charge in [-0.3, -0.25) is 4.90 Å². The third-order valence-corrected chi connectivity index (χ3v) is 3.45. The highest BCUT2D eigenvalue weighted by Crippen LogP contribution is 2.29. The van der Waals surface area contributed by atoms with E-state index in [1.165, 1.54) is 24.3 Å². The number of urea groups is 1. The Hall–Kier alpha value is -2.87. The quantitative estimate of drug-likeness (QED) is 0.872. The molecule has 2 aromatic rings. The highest BCUT2D eigenvalue weighted by Gasteiger charge is 2.24. The molecule has 0 fully saturated rings. The first-order chi connectivity index (χ1) is 10.2. The molecule has 3 rings (SSSR count). The third-order valence-electron chi connectivity index (χ3n) is 3.45. The fourth-order valence-electron chi connectivity index (χ4n) is 2.38. The molecule has 0 bridgehead atoms. The summed E-state index contributed by atoms with van der Waals surface area (Å²) in [5.74, 6) is -0.349. The van der Waals surface area contributed by atoms with E-state index in [1.54, 1.807) is 17.0 Å². The molecule has 2 amide bonds. The van der Waals surface area contributed by atoms with Crippen LogP contribution in [-0.2, 0) is 6.42 Å². The number of carbonyl (C=O) groups excluding carboxylic acids is 1. The summed E-state index contributed by atoms with van der Waals surface area (Å²) in [6.07, 6.45) is 0.762. The largest absolute Gasteiger partial charge is 0.326 e. The zero-order valence-electron chi connectivity index (χ0n) is 11.1. The van der Waals surface area contributed by atoms with E-state index in [9.17, 15) is 9.18 Å². The van der Waals surface area contributed by atoms with Crippen molar-refractivity contribution in [2.45, 2.75) is 6.42 Å². The number of fused-ring (bicyclic) bond motifs is 1. The second-order valence-corrected chi connectivity index (χ2v) is 4.79. The maximum absolute atomic E-state index is 12.9. The molecule has 104 valence electrons. The molecular weight excluding hydrogens is 269 g/mol. The van der Waals surface area contributed by atoms with Gasteiger partial charge < -0.3 is 5.32 Å². The van der Waals surface area contributed by atoms with Crippen LogP contribution in [0.25, 0.3) is 0 Å². The summed E-state index contributed by atoms with van der Waals surface area (Å²) in [5, 5.41) is 11.7. The number of rotatable bonds is 1. The van der Waals surface area contributed by atoms with Gasteiger partial charge in [0.1, 0.15) is 5.82 Å². The zero-order chi connectivity index (χ0) is 14.8. The highest BCUT2D eigenvalue weighted by molar-refractivity contribution is 6.03. The summed E-state index contributed by atoms with van der Waals surface area (Å²) >= 11 is 0. The maximum atomic E-state index is 12.9. The first-order valence-corrected chi connectivity index (χ1v) is 6.54. The Labute approximate surface area is 121 Å². The predicted molar refractivity (Wildman–Crippen MR) is 77.6 cm³/mol. The third kappa shape index (κ3) is 2.56. The Morgan fingerprint density at radius 2 is 2.00 bits per heavy atom. The van der Waals surface area contributed by atoms with Crippen LogP contribution in [0.1, 0.15) is 11.1 Å². The molecule has 1 heterocycles. The first kappa shape index (κ1) is 13.1. The van der Waals surface area contributed by atoms with Gasteiger partial charge in [0.05, 0.1) is 11.6 Å². The molecule has 0 saturated carbocycles. The van der Waals surface area contributed by atoms with Gasteiger partial charge in [-0.2, -0.15) is 5.26 Å². The lowest BCUT2D eigenvalue weighted by Crippen LogP contribution is -2.33. The molecule has 1 aliphatic heterocycles. The van der Waals surface area contributed by atoms with Crippen LogP contribution in [0.3, 0.4) is 0 Å². The number of halogens is 1. The molecule has 0 unspecified atom stereocenters. The van der Waals surface area contributed by atoms with Gasteiger partial charge in [0.25, 0.3) is 0 Å². The van der Waals surface area contributed by atoms with E-state index in [4.69, 9.17) is 5.26 Å². The van der Waals surface area contributed by atoms with Gasteiger partial charge in [0, 0.05) is 17.9 Å². The molecule has 2 aromatic carbocycles. The van der Waals surface area contributed by atoms with Crippen molar-refractivity contribution in [3.05, 3.63) is 59.4 Å². The van der Waals surface area contributed by atoms with Gasteiger partial charge in [-0.15, -0.1) is 0 Å². The Morgan fingerprint density at radius 3 is 2.71 bits per heavy atom. The van der Waals surface area contributed by atoms with Gasteiger partial charge in [0.2, 0.25) is 0 Å². The van der Waals surface area contributed by atoms with Gasteiger partial charge in [0.15, 0.2) is 0 Å². The molecule has 1 aliphatic rings. The van der Waals surface area contributed by atoms with Gasteiger partial charge >= 0.3 is 6.03 Å². The number of carbonyl (C=O) groups is 1. The average Bonchev–Trinajstić information content (AvgIpc) is 2.92. The van der Waals surface area contributed by atoms with Crippen LogP contribution in [0, 0.1) is 17.1 Å². The van der Waals surface area contributed by atoms with Crippen molar-refractivity contribution in [2.75, 3.05) is 16.8 Å². The molecule has 0 radical (unpaired) electrons. The van der Waals surface area contributed by atoms with Crippen molar-refractivity contribution in [3.63, 3.8) is 0 Å². The summed E-state index contributed by atoms with van der Waals surface area (Å²) in [6, 6.07) is 12.7. The number of anilines is 2. The van der Waals surface area contributed by atoms with Crippen LogP contribution < -0.4 is 10.2 Å². The maximum Gasteiger partial charge on any atom is 0.326 e. The minimum atomic E-state index is -0.349. The average molecular weight is 281 g/mol. The van der Waals surface area contributed by atoms with Crippen molar-refractivity contribution in [2.24, 2.45) is 0 Å². The summed E-state index contributed by atoms with van der Waals surface area (Å²) in [7, 11) is 0. The zero-order valence-corrected chi connectivity index (χ0v) is 11.1. The second kappa shape index (κ2) is 5.25. The van der Waals surface area contributed by atoms with Crippen molar-refractivity contribution < 1.29 is 9.18 Å². The van der Waals surface area contributed by atoms with Crippen LogP contribution in [0.5, 0.6) is 0 Å². The lowest BCUT2D eigenvalue weighted by Gasteiger charge is -2.18. The number of nitriles is 1. The van der Waals surface area contributed by atoms with Gasteiger partial charge in [-0.1, -0.05) is 6.07 Å². The molecule has 0 spiro atoms. The van der Waals surface area contributed by atoms with Crippen LogP contribution in [0.2, 0.25) is 0 Å². The number of hydrogen-bond donors (Lipinski definition) is 1. The number of hydrogen-bond acceptors (Lipinski definition) is 2. The number of nitrogens with zero attached hydrogens (tertiary/aromatic N) is 2. The Kier molecular flexibility index (Phi) is 3.28. The predicted octanol–water partition coefficient (Wildman–Crippen LogP) is 3.29. The number of benzene rings is 2. The SMILES string of the molecule is N#Cc1ccc2c(c1)N(C(=O)Nc1ccc(F)cc1)CC2. The van der Waals surface area contributed by atoms with Crippen molar-refractivity contribution in [3.8, 4) is 6.07 Å². The van der Waals surface area contributed by atoms with Crippen molar-refractivity contribution >= 4 is 17.4 Å². The molecule has 0 atom stereocenters. The standard InChI is InChI=1S/C16H12FN3O/c17-13-3-5-14(6-4-13)19-16(21)20-8-7-12-2-1-11(10-18)9-15(12)20/h1-6,9H,7-8H2,(H,19,21). The second-order valence-electron chi connectivity index (χ2n) is 4.79. The molecule has 5 heteroatoms. The molecule has 1 N–H and O–H groups in total. The van der Waals surface area contributed by atoms with Gasteiger partial charge in [-0.25, -0.2) is 9.18 Å². The number of amides is 2. The van der Waals surface area contributed by atoms with Crippen molar-refractivity contribution in [1.82, 2.24) is 0 Å². The molecule has 21 heavy (non-hydrogen) atoms. The van der Waals surface area contributed by atoms with Crippen LogP contribution in [0.15, 0.2) is 42.5 Å². The fraction of sp³-hybridized carbons (Fsp3) is 0.125. The van der Waals surface area contributed by atoms with E-state index in [2.05, 4.69) is 11.4 Å². The fourth-order valence-corrected chi connectivity index (χ4v) is 2.38. The monoisotopic (exact) mass is 281 g/mol. The lowest BCUT2D eigenvalue weighted by molar-refractivity contribution is 0.257. The smallest absolute Gasteiger partial charge is 0.308 e. The summed E-state index contributed by atoms with van der Waals surface area (Å²) in [5.41, 5.74) is 2.86. The summed E-state index contributed by atoms with van der Waals surface area (Å²) in [6.45, 7) is 0.567. The molecule has 0 saturated heterocycles. The van der Waals surface area contributed by atoms with E-state index in [0.717, 1.165) is 17.7 Å². The van der Waals surface area contributed by atoms with E-state index in [1.807, 2.05) is 6.07 Å². The topological polar surface area (TPSA) is 56.1 Å². The van der Waals surface area contributed by atoms with Gasteiger partial charge in [-0.05, 0) is 48.4 Å². The summed E-state index contributed by atoms with van der Waals surface area (Å²) in [4.78, 5) is 13.9. The summed E-state index contributed by atoms with van der Waals surface area (Å²) < 4.78 is 12.9. The molecule has 0 aliphatic carbocycles. The van der Waals surface area contributed by atoms with E-state index >= 15 is 0 Å². The van der Waals surface area contributed by atoms with E-state index in [-0.39, 0.29) is 11.8 Å². The van der Waals surface area contributed by atoms with Crippen LogP contribution in [0.4, 0.5) is 20.6 Å². The van der Waals surface area contributed by atoms with Crippen LogP contribution in [-0.4, -0.2) is 12.6 Å². The minimum Gasteiger partial charge on any atom is -0.308 e. The van der Waals surface area contributed by atoms with Crippen LogP contribution >= 0.6 is 0 Å².